The van der Waals surface area contributed by atoms with Gasteiger partial charge in [0.15, 0.2) is 5.79 Å². The Morgan fingerprint density at radius 1 is 1.20 bits per heavy atom. The second-order valence-corrected chi connectivity index (χ2v) is 8.21. The molecule has 1 aliphatic rings. The van der Waals surface area contributed by atoms with Crippen molar-refractivity contribution in [3.05, 3.63) is 73.4 Å². The van der Waals surface area contributed by atoms with Crippen molar-refractivity contribution in [2.75, 3.05) is 0 Å². The van der Waals surface area contributed by atoms with Crippen LogP contribution < -0.4 is 0 Å². The van der Waals surface area contributed by atoms with Gasteiger partial charge in [0.1, 0.15) is 6.10 Å². The van der Waals surface area contributed by atoms with Crippen molar-refractivity contribution >= 4 is 5.97 Å². The summed E-state index contributed by atoms with van der Waals surface area (Å²) in [7, 11) is 0. The van der Waals surface area contributed by atoms with Gasteiger partial charge in [0.2, 0.25) is 0 Å². The van der Waals surface area contributed by atoms with Crippen molar-refractivity contribution in [1.29, 1.82) is 0 Å². The zero-order valence-corrected chi connectivity index (χ0v) is 18.4. The van der Waals surface area contributed by atoms with Crippen LogP contribution in [0.25, 0.3) is 0 Å². The van der Waals surface area contributed by atoms with Crippen LogP contribution >= 0.6 is 0 Å². The van der Waals surface area contributed by atoms with Gasteiger partial charge in [0.25, 0.3) is 0 Å². The molecule has 0 bridgehead atoms. The number of ether oxygens (including phenoxy) is 3. The molecule has 30 heavy (non-hydrogen) atoms. The van der Waals surface area contributed by atoms with E-state index in [1.165, 1.54) is 11.6 Å². The van der Waals surface area contributed by atoms with Crippen LogP contribution in [0.4, 0.5) is 0 Å². The molecule has 3 atom stereocenters. The molecule has 4 heteroatoms. The van der Waals surface area contributed by atoms with E-state index >= 15 is 0 Å². The minimum absolute atomic E-state index is 0.0867. The average molecular weight is 413 g/mol. The van der Waals surface area contributed by atoms with Gasteiger partial charge in [-0.25, -0.2) is 4.79 Å². The average Bonchev–Trinajstić information content (AvgIpc) is 2.71. The maximum absolute atomic E-state index is 11.5. The number of hydrogen-bond donors (Lipinski definition) is 0. The zero-order valence-electron chi connectivity index (χ0n) is 18.4. The Hall–Kier alpha value is -2.17. The smallest absolute Gasteiger partial charge is 0.330 e. The van der Waals surface area contributed by atoms with E-state index in [0.717, 1.165) is 38.5 Å². The van der Waals surface area contributed by atoms with Crippen molar-refractivity contribution < 1.29 is 19.0 Å². The van der Waals surface area contributed by atoms with Gasteiger partial charge in [0, 0.05) is 18.9 Å². The Morgan fingerprint density at radius 3 is 2.63 bits per heavy atom. The van der Waals surface area contributed by atoms with E-state index < -0.39 is 11.8 Å². The number of esters is 1. The second kappa shape index (κ2) is 12.5. The number of carbonyl (C=O) groups is 1. The summed E-state index contributed by atoms with van der Waals surface area (Å²) in [5, 5.41) is 0. The molecule has 1 heterocycles. The van der Waals surface area contributed by atoms with Gasteiger partial charge >= 0.3 is 5.97 Å². The third kappa shape index (κ3) is 9.10. The molecule has 1 saturated heterocycles. The lowest BCUT2D eigenvalue weighted by molar-refractivity contribution is -0.299. The molecule has 0 amide bonds. The summed E-state index contributed by atoms with van der Waals surface area (Å²) in [5.74, 6) is -1.01. The minimum atomic E-state index is -0.587. The van der Waals surface area contributed by atoms with Gasteiger partial charge in [-0.2, -0.15) is 0 Å². The van der Waals surface area contributed by atoms with Gasteiger partial charge in [0.05, 0.1) is 12.2 Å². The Bertz CT molecular complexity index is 692. The van der Waals surface area contributed by atoms with Crippen molar-refractivity contribution in [1.82, 2.24) is 0 Å². The topological polar surface area (TPSA) is 44.8 Å². The van der Waals surface area contributed by atoms with E-state index in [9.17, 15) is 4.79 Å². The Balaban J connectivity index is 1.80. The Kier molecular flexibility index (Phi) is 10.0. The van der Waals surface area contributed by atoms with E-state index in [2.05, 4.69) is 43.5 Å². The highest BCUT2D eigenvalue weighted by atomic mass is 16.7. The van der Waals surface area contributed by atoms with E-state index in [-0.39, 0.29) is 18.3 Å². The summed E-state index contributed by atoms with van der Waals surface area (Å²) >= 11 is 0. The summed E-state index contributed by atoms with van der Waals surface area (Å²) < 4.78 is 17.6. The maximum Gasteiger partial charge on any atom is 0.330 e. The molecule has 1 aromatic rings. The highest BCUT2D eigenvalue weighted by Gasteiger charge is 2.34. The maximum atomic E-state index is 11.5. The molecule has 0 aliphatic carbocycles. The first kappa shape index (κ1) is 24.1. The molecule has 1 fully saturated rings. The number of carbonyl (C=O) groups excluding carboxylic acids is 1. The van der Waals surface area contributed by atoms with Crippen LogP contribution in [0.2, 0.25) is 0 Å². The van der Waals surface area contributed by atoms with Crippen LogP contribution in [0, 0.1) is 0 Å². The SMILES string of the molecule is C=CC[C@H](/C=C/C[C@@H]1C[C@@H](CCCCc2ccccc2)OC(C)(C)O1)OC(=O)C=C. The highest BCUT2D eigenvalue weighted by molar-refractivity contribution is 5.81. The molecule has 0 unspecified atom stereocenters. The van der Waals surface area contributed by atoms with Crippen LogP contribution in [0.15, 0.2) is 67.8 Å². The molecule has 0 N–H and O–H groups in total. The molecule has 0 radical (unpaired) electrons. The molecule has 0 saturated carbocycles. The highest BCUT2D eigenvalue weighted by Crippen LogP contribution is 2.31. The number of aryl methyl sites for hydroxylation is 1. The standard InChI is InChI=1S/C26H36O4/c1-5-13-22(28-25(27)6-2)18-12-19-24-20-23(29-26(3,4)30-24)17-11-10-16-21-14-8-7-9-15-21/h5-9,12,14-15,18,22-24H,1-2,10-11,13,16-17,19-20H2,3-4H3/b18-12+/t22-,23-,24-/m1/s1. The lowest BCUT2D eigenvalue weighted by Gasteiger charge is -2.40. The van der Waals surface area contributed by atoms with E-state index in [4.69, 9.17) is 14.2 Å². The Morgan fingerprint density at radius 2 is 1.93 bits per heavy atom. The first-order valence-corrected chi connectivity index (χ1v) is 10.9. The normalized spacial score (nSPS) is 21.8. The number of unbranched alkanes of at least 4 members (excludes halogenated alkanes) is 1. The Labute approximate surface area is 181 Å². The van der Waals surface area contributed by atoms with E-state index in [0.29, 0.717) is 6.42 Å². The van der Waals surface area contributed by atoms with Crippen LogP contribution in [-0.4, -0.2) is 30.1 Å². The predicted octanol–water partition coefficient (Wildman–Crippen LogP) is 5.93. The van der Waals surface area contributed by atoms with Gasteiger partial charge in [-0.15, -0.1) is 6.58 Å². The van der Waals surface area contributed by atoms with E-state index in [1.54, 1.807) is 6.08 Å². The third-order valence-electron chi connectivity index (χ3n) is 5.09. The zero-order chi connectivity index (χ0) is 21.8. The minimum Gasteiger partial charge on any atom is -0.455 e. The molecule has 1 aromatic carbocycles. The van der Waals surface area contributed by atoms with Crippen molar-refractivity contribution in [3.63, 3.8) is 0 Å². The van der Waals surface area contributed by atoms with Crippen molar-refractivity contribution in [2.24, 2.45) is 0 Å². The summed E-state index contributed by atoms with van der Waals surface area (Å²) in [5.41, 5.74) is 1.39. The summed E-state index contributed by atoms with van der Waals surface area (Å²) in [4.78, 5) is 11.5. The predicted molar refractivity (Wildman–Crippen MR) is 121 cm³/mol. The van der Waals surface area contributed by atoms with Crippen molar-refractivity contribution in [3.8, 4) is 0 Å². The molecular formula is C26H36O4. The molecule has 0 spiro atoms. The fourth-order valence-corrected chi connectivity index (χ4v) is 3.80. The monoisotopic (exact) mass is 412 g/mol. The number of rotatable bonds is 12. The third-order valence-corrected chi connectivity index (χ3v) is 5.09. The fourth-order valence-electron chi connectivity index (χ4n) is 3.80. The summed E-state index contributed by atoms with van der Waals surface area (Å²) in [6, 6.07) is 10.6. The molecule has 1 aliphatic heterocycles. The van der Waals surface area contributed by atoms with Crippen molar-refractivity contribution in [2.45, 2.75) is 82.9 Å². The van der Waals surface area contributed by atoms with Gasteiger partial charge in [-0.3, -0.25) is 0 Å². The van der Waals surface area contributed by atoms with Crippen LogP contribution in [0.3, 0.4) is 0 Å². The fraction of sp³-hybridized carbons (Fsp3) is 0.500. The molecular weight excluding hydrogens is 376 g/mol. The van der Waals surface area contributed by atoms with Crippen LogP contribution in [-0.2, 0) is 25.4 Å². The van der Waals surface area contributed by atoms with Gasteiger partial charge in [-0.05, 0) is 51.2 Å². The van der Waals surface area contributed by atoms with Gasteiger partial charge < -0.3 is 14.2 Å². The summed E-state index contributed by atoms with van der Waals surface area (Å²) in [6.45, 7) is 11.1. The van der Waals surface area contributed by atoms with Gasteiger partial charge in [-0.1, -0.05) is 55.5 Å². The quantitative estimate of drug-likeness (QED) is 0.185. The first-order chi connectivity index (χ1) is 14.4. The van der Waals surface area contributed by atoms with Crippen LogP contribution in [0.5, 0.6) is 0 Å². The molecule has 4 nitrogen and oxygen atoms in total. The number of benzene rings is 1. The summed E-state index contributed by atoms with van der Waals surface area (Å²) in [6.07, 6.45) is 13.5. The molecule has 0 aromatic heterocycles. The van der Waals surface area contributed by atoms with E-state index in [1.807, 2.05) is 26.0 Å². The largest absolute Gasteiger partial charge is 0.455 e. The lowest BCUT2D eigenvalue weighted by Crippen LogP contribution is -2.44. The first-order valence-electron chi connectivity index (χ1n) is 10.9. The van der Waals surface area contributed by atoms with Crippen LogP contribution in [0.1, 0.15) is 57.9 Å². The molecule has 164 valence electrons. The second-order valence-electron chi connectivity index (χ2n) is 8.21. The number of hydrogen-bond acceptors (Lipinski definition) is 4. The lowest BCUT2D eigenvalue weighted by atomic mass is 9.99. The molecule has 2 rings (SSSR count).